The van der Waals surface area contributed by atoms with Gasteiger partial charge in [-0.1, -0.05) is 122 Å². The van der Waals surface area contributed by atoms with Crippen LogP contribution >= 0.6 is 0 Å². The number of nitrogens with one attached hydrogen (secondary N) is 11. The van der Waals surface area contributed by atoms with E-state index in [1.54, 1.807) is 92.6 Å². The number of aliphatic hydroxyl groups is 4. The predicted molar refractivity (Wildman–Crippen MR) is 376 cm³/mol. The molecule has 598 valence electrons. The van der Waals surface area contributed by atoms with Crippen molar-refractivity contribution < 1.29 is 115 Å². The molecule has 2 aromatic rings. The first-order valence-corrected chi connectivity index (χ1v) is 34.3. The predicted octanol–water partition coefficient (Wildman–Crippen LogP) is -3.04. The van der Waals surface area contributed by atoms with E-state index in [1.807, 2.05) is 10.6 Å². The molecule has 15 atom stereocenters. The minimum atomic E-state index is -5.08. The van der Waals surface area contributed by atoms with Crippen LogP contribution in [0.1, 0.15) is 132 Å². The van der Waals surface area contributed by atoms with Crippen LogP contribution in [0.15, 0.2) is 65.7 Å². The van der Waals surface area contributed by atoms with E-state index in [0.29, 0.717) is 5.56 Å². The van der Waals surface area contributed by atoms with E-state index in [2.05, 4.69) is 52.8 Å². The van der Waals surface area contributed by atoms with E-state index >= 15 is 14.4 Å². The van der Waals surface area contributed by atoms with Crippen LogP contribution in [0.4, 0.5) is 18.0 Å². The number of halogens is 3. The van der Waals surface area contributed by atoms with Crippen LogP contribution in [-0.4, -0.2) is 225 Å². The number of rotatable bonds is 24. The first-order chi connectivity index (χ1) is 49.7. The number of primary amides is 1. The van der Waals surface area contributed by atoms with Crippen molar-refractivity contribution in [2.75, 3.05) is 19.7 Å². The summed E-state index contributed by atoms with van der Waals surface area (Å²) in [5.41, 5.74) is 15.8. The molecule has 107 heavy (non-hydrogen) atoms. The average molecular weight is 1520 g/mol. The molecular weight excluding hydrogens is 1420 g/mol. The van der Waals surface area contributed by atoms with E-state index in [-0.39, 0.29) is 62.5 Å². The molecule has 0 saturated carbocycles. The maximum absolute atomic E-state index is 15.7. The van der Waals surface area contributed by atoms with Gasteiger partial charge < -0.3 is 111 Å². The molecule has 1 fully saturated rings. The zero-order valence-corrected chi connectivity index (χ0v) is 61.6. The number of hydrogen-bond donors (Lipinski definition) is 19. The van der Waals surface area contributed by atoms with Crippen molar-refractivity contribution in [3.63, 3.8) is 0 Å². The number of alkyl carbamates (subject to hydrolysis) is 1. The largest absolute Gasteiger partial charge is 0.490 e. The number of carbonyl (C=O) groups excluding carboxylic acids is 13. The molecule has 0 spiro atoms. The second kappa shape index (κ2) is 44.0. The molecule has 0 bridgehead atoms. The first-order valence-electron chi connectivity index (χ1n) is 34.3. The fourth-order valence-corrected chi connectivity index (χ4v) is 10.1. The smallest absolute Gasteiger partial charge is 0.475 e. The van der Waals surface area contributed by atoms with Crippen molar-refractivity contribution in [1.29, 1.82) is 0 Å². The summed E-state index contributed by atoms with van der Waals surface area (Å²) in [6.45, 7) is 16.4. The number of carbonyl (C=O) groups is 14. The van der Waals surface area contributed by atoms with Gasteiger partial charge in [0, 0.05) is 13.0 Å². The number of carboxylic acids is 1. The van der Waals surface area contributed by atoms with Gasteiger partial charge in [-0.05, 0) is 88.2 Å². The Labute approximate surface area is 616 Å². The summed E-state index contributed by atoms with van der Waals surface area (Å²) in [7, 11) is 0. The third-order valence-corrected chi connectivity index (χ3v) is 15.9. The molecule has 36 nitrogen and oxygen atoms in total. The topological polar surface area (TPSA) is 581 Å². The highest BCUT2D eigenvalue weighted by molar-refractivity contribution is 6.00. The van der Waals surface area contributed by atoms with Gasteiger partial charge in [-0.3, -0.25) is 57.7 Å². The number of carboxylic acid groups (broad SMARTS) is 1. The number of nitrogens with two attached hydrogens (primary N) is 3. The first kappa shape index (κ1) is 92.8. The zero-order chi connectivity index (χ0) is 81.5. The van der Waals surface area contributed by atoms with E-state index in [4.69, 9.17) is 36.6 Å². The number of hydrogen-bond acceptors (Lipinski definition) is 21. The van der Waals surface area contributed by atoms with Gasteiger partial charge in [0.2, 0.25) is 65.0 Å². The molecule has 1 heterocycles. The van der Waals surface area contributed by atoms with E-state index in [0.717, 1.165) is 6.92 Å². The molecule has 1 aliphatic rings. The number of aliphatic carboxylic acids is 1. The summed E-state index contributed by atoms with van der Waals surface area (Å²) < 4.78 is 43.2. The minimum Gasteiger partial charge on any atom is -0.475 e. The number of amides is 12. The number of nitrogens with zero attached hydrogens (tertiary/aromatic N) is 1. The second-order valence-corrected chi connectivity index (χ2v) is 27.5. The lowest BCUT2D eigenvalue weighted by molar-refractivity contribution is -0.192. The lowest BCUT2D eigenvalue weighted by Gasteiger charge is -2.33. The zero-order valence-electron chi connectivity index (χ0n) is 61.6. The number of esters is 1. The number of ether oxygens (including phenoxy) is 2. The fraction of sp³-hybridized carbons (Fsp3) is 0.603. The maximum Gasteiger partial charge on any atom is 0.490 e. The minimum absolute atomic E-state index is 0.0131. The van der Waals surface area contributed by atoms with Gasteiger partial charge in [0.1, 0.15) is 60.0 Å². The number of alkyl halides is 3. The van der Waals surface area contributed by atoms with Crippen LogP contribution in [0.2, 0.25) is 0 Å². The van der Waals surface area contributed by atoms with Crippen molar-refractivity contribution >= 4 is 89.0 Å². The maximum atomic E-state index is 15.7. The number of guanidine groups is 1. The normalized spacial score (nSPS) is 22.6. The fourth-order valence-electron chi connectivity index (χ4n) is 10.1. The Kier molecular flexibility index (Phi) is 38.2. The third kappa shape index (κ3) is 32.5. The van der Waals surface area contributed by atoms with Crippen molar-refractivity contribution in [3.8, 4) is 0 Å². The molecule has 1 unspecified atom stereocenters. The average Bonchev–Trinajstić information content (AvgIpc) is 0.807. The van der Waals surface area contributed by atoms with Gasteiger partial charge in [-0.25, -0.2) is 14.4 Å². The van der Waals surface area contributed by atoms with Crippen molar-refractivity contribution in [3.05, 3.63) is 71.8 Å². The van der Waals surface area contributed by atoms with Crippen LogP contribution in [0.25, 0.3) is 0 Å². The lowest BCUT2D eigenvalue weighted by atomic mass is 9.95. The van der Waals surface area contributed by atoms with Gasteiger partial charge in [-0.2, -0.15) is 13.2 Å². The number of aliphatic hydroxyl groups excluding tert-OH is 4. The summed E-state index contributed by atoms with van der Waals surface area (Å²) >= 11 is 0. The number of benzene rings is 2. The highest BCUT2D eigenvalue weighted by atomic mass is 19.4. The van der Waals surface area contributed by atoms with Gasteiger partial charge in [0.25, 0.3) is 0 Å². The van der Waals surface area contributed by atoms with Gasteiger partial charge in [-0.15, -0.1) is 0 Å². The molecule has 0 aliphatic carbocycles. The Morgan fingerprint density at radius 2 is 1.17 bits per heavy atom. The molecular formula is C68H104F3N15O21. The monoisotopic (exact) mass is 1520 g/mol. The molecule has 3 rings (SSSR count). The Bertz CT molecular complexity index is 3380. The Morgan fingerprint density at radius 3 is 1.67 bits per heavy atom. The number of aliphatic imine (C=N–C) groups is 1. The molecule has 1 aliphatic heterocycles. The van der Waals surface area contributed by atoms with Gasteiger partial charge >= 0.3 is 24.2 Å². The highest BCUT2D eigenvalue weighted by Crippen LogP contribution is 2.25. The third-order valence-electron chi connectivity index (χ3n) is 15.9. The number of cyclic esters (lactones) is 1. The summed E-state index contributed by atoms with van der Waals surface area (Å²) in [5.74, 6) is -20.5. The Hall–Kier alpha value is -10.3. The van der Waals surface area contributed by atoms with E-state index in [9.17, 15) is 81.5 Å². The van der Waals surface area contributed by atoms with E-state index in [1.165, 1.54) is 44.2 Å². The van der Waals surface area contributed by atoms with Crippen molar-refractivity contribution in [2.24, 2.45) is 45.9 Å². The summed E-state index contributed by atoms with van der Waals surface area (Å²) in [5, 5.41) is 78.3. The van der Waals surface area contributed by atoms with Crippen molar-refractivity contribution in [2.45, 2.75) is 218 Å². The second-order valence-electron chi connectivity index (χ2n) is 27.5. The Morgan fingerprint density at radius 1 is 0.645 bits per heavy atom. The molecule has 12 amide bonds. The van der Waals surface area contributed by atoms with Crippen LogP contribution in [0, 0.1) is 23.7 Å². The molecule has 2 aromatic carbocycles. The molecule has 22 N–H and O–H groups in total. The molecule has 39 heteroatoms. The molecule has 1 saturated heterocycles. The summed E-state index contributed by atoms with van der Waals surface area (Å²) in [6.07, 6.45) is -14.8. The van der Waals surface area contributed by atoms with Crippen LogP contribution in [0.5, 0.6) is 0 Å². The quantitative estimate of drug-likeness (QED) is 0.0215. The van der Waals surface area contributed by atoms with Crippen LogP contribution in [-0.2, 0) is 78.2 Å². The Balaban J connectivity index is 0.00000527. The van der Waals surface area contributed by atoms with Crippen LogP contribution in [0.3, 0.4) is 0 Å². The highest BCUT2D eigenvalue weighted by Gasteiger charge is 2.44. The standard InChI is InChI=1S/C66H103N15O19.C2HF3O2/c1-13-35(8)45-59(93)79-46(36(9)83)58(92)71-30-44(84)77-48(51(86)53(67)87)61(95)75-43(31-82)63(97)99-52(38-23-18-15-19-24-38)49(81-57(91)42(29-37-21-16-14-17-22-37)73-56(90)41(28-33(4)5)76-65(98)100-66(10,11)12)62(96)80-47(50(85)34(6)7)60(94)74-40(27-32(2)3)55(89)72-39(54(88)78-45)25-20-26-70-64(68)69;3-2(4,5)1(6)7/h14-19,21-24,32-36,39-43,45-52,82-83,85-86H,13,20,25-31H2,1-12H3,(H2,67,87)(H,71,92)(H,72,89)(H,73,90)(H,74,94)(H,75,95)(H,76,98)(H,77,84)(H,78,88)(H,79,93)(H,80,96)(H,81,91)(H4,68,69,70);(H,6,7)/t35-,36-,39+,40-,41+,42-,43-,45-,46?,47-,48-,49-,50+,51-,52+;/m0./s1. The summed E-state index contributed by atoms with van der Waals surface area (Å²) in [6, 6.07) is -3.55. The lowest BCUT2D eigenvalue weighted by Crippen LogP contribution is -2.64. The van der Waals surface area contributed by atoms with Gasteiger partial charge in [0.05, 0.1) is 25.4 Å². The van der Waals surface area contributed by atoms with Gasteiger partial charge in [0.15, 0.2) is 24.2 Å². The van der Waals surface area contributed by atoms with Crippen LogP contribution < -0.4 is 75.7 Å². The summed E-state index contributed by atoms with van der Waals surface area (Å²) in [4.78, 5) is 199. The SMILES string of the molecule is CC[C@H](C)[C@@H]1NC(=O)[C@@H](CCCN=C(N)N)NC(=O)[C@H](CC(C)C)NC(=O)[C@H]([C@H](O)C(C)C)NC(=O)[C@@H](NC(=O)[C@H](Cc2ccccc2)NC(=O)[C@@H](CC(C)C)NC(=O)OC(C)(C)C)[C@@H](c2ccccc2)OC(=O)[C@H](CO)NC(=O)[C@H]([C@H](O)C(N)=O)NC(=O)CNC(=O)C([C@H](C)O)NC1=O.O=C(O)C(F)(F)F. The van der Waals surface area contributed by atoms with E-state index < -0.39 is 211 Å². The van der Waals surface area contributed by atoms with Crippen molar-refractivity contribution in [1.82, 2.24) is 58.5 Å². The molecule has 0 radical (unpaired) electrons. The molecule has 0 aromatic heterocycles.